The van der Waals surface area contributed by atoms with Gasteiger partial charge in [0.25, 0.3) is 0 Å². The van der Waals surface area contributed by atoms with Gasteiger partial charge in [-0.15, -0.1) is 0 Å². The summed E-state index contributed by atoms with van der Waals surface area (Å²) in [6.07, 6.45) is -5.09. The first-order chi connectivity index (χ1) is 6.75. The predicted molar refractivity (Wildman–Crippen MR) is 43.4 cm³/mol. The molecule has 0 unspecified atom stereocenters. The van der Waals surface area contributed by atoms with Crippen molar-refractivity contribution in [2.45, 2.75) is 6.18 Å². The Morgan fingerprint density at radius 1 is 1.33 bits per heavy atom. The molecule has 1 aromatic rings. The molecular formula is C8H3ClF4O2. The number of hydrogen-bond donors (Lipinski definition) is 1. The highest BCUT2D eigenvalue weighted by molar-refractivity contribution is 6.33. The van der Waals surface area contributed by atoms with Crippen molar-refractivity contribution < 1.29 is 27.5 Å². The number of carboxylic acid groups (broad SMARTS) is 1. The minimum absolute atomic E-state index is 0.470. The largest absolute Gasteiger partial charge is 0.478 e. The molecule has 15 heavy (non-hydrogen) atoms. The molecule has 0 bridgehead atoms. The minimum atomic E-state index is -5.09. The summed E-state index contributed by atoms with van der Waals surface area (Å²) in [5, 5.41) is 7.83. The number of alkyl halides is 3. The van der Waals surface area contributed by atoms with Crippen LogP contribution in [0.4, 0.5) is 17.6 Å². The Labute approximate surface area is 86.1 Å². The Morgan fingerprint density at radius 3 is 2.20 bits per heavy atom. The fourth-order valence-electron chi connectivity index (χ4n) is 1.04. The molecule has 1 rings (SSSR count). The zero-order valence-electron chi connectivity index (χ0n) is 6.90. The van der Waals surface area contributed by atoms with Crippen LogP contribution in [0.1, 0.15) is 15.9 Å². The van der Waals surface area contributed by atoms with E-state index in [4.69, 9.17) is 16.7 Å². The van der Waals surface area contributed by atoms with E-state index in [1.54, 1.807) is 0 Å². The lowest BCUT2D eigenvalue weighted by atomic mass is 10.1. The Morgan fingerprint density at radius 2 is 1.87 bits per heavy atom. The third kappa shape index (κ3) is 2.20. The van der Waals surface area contributed by atoms with E-state index in [0.717, 1.165) is 6.07 Å². The minimum Gasteiger partial charge on any atom is -0.478 e. The van der Waals surface area contributed by atoms with Gasteiger partial charge in [0.2, 0.25) is 0 Å². The number of carbonyl (C=O) groups is 1. The summed E-state index contributed by atoms with van der Waals surface area (Å²) in [6.45, 7) is 0. The van der Waals surface area contributed by atoms with Crippen LogP contribution in [-0.2, 0) is 6.18 Å². The van der Waals surface area contributed by atoms with Gasteiger partial charge in [-0.05, 0) is 12.1 Å². The van der Waals surface area contributed by atoms with Gasteiger partial charge in [-0.25, -0.2) is 9.18 Å². The second kappa shape index (κ2) is 3.69. The number of rotatable bonds is 1. The number of benzene rings is 1. The van der Waals surface area contributed by atoms with Gasteiger partial charge in [-0.2, -0.15) is 13.2 Å². The molecule has 0 aliphatic rings. The smallest absolute Gasteiger partial charge is 0.420 e. The normalized spacial score (nSPS) is 11.5. The van der Waals surface area contributed by atoms with Crippen LogP contribution in [0.2, 0.25) is 5.02 Å². The lowest BCUT2D eigenvalue weighted by Gasteiger charge is -2.11. The fraction of sp³-hybridized carbons (Fsp3) is 0.125. The maximum absolute atomic E-state index is 12.8. The molecule has 0 amide bonds. The number of hydrogen-bond acceptors (Lipinski definition) is 1. The van der Waals surface area contributed by atoms with Crippen LogP contribution in [0, 0.1) is 5.82 Å². The summed E-state index contributed by atoms with van der Waals surface area (Å²) in [5.41, 5.74) is -3.13. The van der Waals surface area contributed by atoms with Crippen molar-refractivity contribution >= 4 is 17.6 Å². The fourth-order valence-corrected chi connectivity index (χ4v) is 1.28. The van der Waals surface area contributed by atoms with E-state index in [0.29, 0.717) is 6.07 Å². The summed E-state index contributed by atoms with van der Waals surface area (Å²) in [7, 11) is 0. The van der Waals surface area contributed by atoms with Gasteiger partial charge in [0, 0.05) is 0 Å². The monoisotopic (exact) mass is 242 g/mol. The molecule has 7 heteroatoms. The van der Waals surface area contributed by atoms with Crippen LogP contribution in [0.3, 0.4) is 0 Å². The molecular weight excluding hydrogens is 240 g/mol. The Hall–Kier alpha value is -1.30. The van der Waals surface area contributed by atoms with Crippen LogP contribution >= 0.6 is 11.6 Å². The van der Waals surface area contributed by atoms with Crippen molar-refractivity contribution in [3.05, 3.63) is 34.1 Å². The molecule has 1 N–H and O–H groups in total. The van der Waals surface area contributed by atoms with E-state index in [9.17, 15) is 22.4 Å². The maximum Gasteiger partial charge on any atom is 0.420 e. The van der Waals surface area contributed by atoms with Gasteiger partial charge in [-0.3, -0.25) is 0 Å². The molecule has 0 aromatic heterocycles. The average Bonchev–Trinajstić information content (AvgIpc) is 2.05. The highest BCUT2D eigenvalue weighted by Gasteiger charge is 2.39. The zero-order valence-corrected chi connectivity index (χ0v) is 7.66. The van der Waals surface area contributed by atoms with Crippen LogP contribution in [0.15, 0.2) is 12.1 Å². The van der Waals surface area contributed by atoms with Gasteiger partial charge < -0.3 is 5.11 Å². The highest BCUT2D eigenvalue weighted by Crippen LogP contribution is 2.36. The Balaban J connectivity index is 3.60. The lowest BCUT2D eigenvalue weighted by molar-refractivity contribution is -0.140. The molecule has 0 saturated heterocycles. The maximum atomic E-state index is 12.8. The summed E-state index contributed by atoms with van der Waals surface area (Å²) >= 11 is 5.25. The summed E-state index contributed by atoms with van der Waals surface area (Å²) in [5.74, 6) is -3.59. The molecule has 0 heterocycles. The van der Waals surface area contributed by atoms with E-state index in [1.165, 1.54) is 0 Å². The third-order valence-corrected chi connectivity index (χ3v) is 1.92. The second-order valence-corrected chi connectivity index (χ2v) is 2.99. The summed E-state index contributed by atoms with van der Waals surface area (Å²) < 4.78 is 49.7. The lowest BCUT2D eigenvalue weighted by Crippen LogP contribution is -2.16. The van der Waals surface area contributed by atoms with E-state index in [-0.39, 0.29) is 0 Å². The van der Waals surface area contributed by atoms with Crippen molar-refractivity contribution in [2.24, 2.45) is 0 Å². The standard InChI is InChI=1S/C8H3ClF4O2/c9-3-1-2-4(10)6(8(11,12)13)5(3)7(14)15/h1-2H,(H,14,15). The zero-order chi connectivity index (χ0) is 11.8. The van der Waals surface area contributed by atoms with Gasteiger partial charge >= 0.3 is 12.1 Å². The molecule has 0 atom stereocenters. The van der Waals surface area contributed by atoms with E-state index in [1.807, 2.05) is 0 Å². The molecule has 0 spiro atoms. The SMILES string of the molecule is O=C(O)c1c(Cl)ccc(F)c1C(F)(F)F. The second-order valence-electron chi connectivity index (χ2n) is 2.58. The van der Waals surface area contributed by atoms with Crippen LogP contribution in [0.25, 0.3) is 0 Å². The molecule has 0 radical (unpaired) electrons. The van der Waals surface area contributed by atoms with Gasteiger partial charge in [0.1, 0.15) is 11.4 Å². The molecule has 0 aliphatic carbocycles. The van der Waals surface area contributed by atoms with Gasteiger partial charge in [0.15, 0.2) is 0 Å². The van der Waals surface area contributed by atoms with Crippen LogP contribution in [-0.4, -0.2) is 11.1 Å². The summed E-state index contributed by atoms with van der Waals surface area (Å²) in [4.78, 5) is 10.5. The van der Waals surface area contributed by atoms with Crippen LogP contribution < -0.4 is 0 Å². The molecule has 82 valence electrons. The van der Waals surface area contributed by atoms with Gasteiger partial charge in [0.05, 0.1) is 10.6 Å². The highest BCUT2D eigenvalue weighted by atomic mass is 35.5. The van der Waals surface area contributed by atoms with Crippen molar-refractivity contribution in [3.8, 4) is 0 Å². The quantitative estimate of drug-likeness (QED) is 0.768. The first-order valence-corrected chi connectivity index (χ1v) is 3.91. The topological polar surface area (TPSA) is 37.3 Å². The third-order valence-electron chi connectivity index (χ3n) is 1.60. The predicted octanol–water partition coefficient (Wildman–Crippen LogP) is 3.20. The average molecular weight is 243 g/mol. The number of halogens is 5. The van der Waals surface area contributed by atoms with Crippen molar-refractivity contribution in [1.82, 2.24) is 0 Å². The van der Waals surface area contributed by atoms with E-state index >= 15 is 0 Å². The summed E-state index contributed by atoms with van der Waals surface area (Å²) in [6, 6.07) is 1.23. The van der Waals surface area contributed by atoms with Gasteiger partial charge in [-0.1, -0.05) is 11.6 Å². The molecule has 0 aliphatic heterocycles. The van der Waals surface area contributed by atoms with Crippen molar-refractivity contribution in [3.63, 3.8) is 0 Å². The van der Waals surface area contributed by atoms with E-state index in [2.05, 4.69) is 0 Å². The van der Waals surface area contributed by atoms with Crippen molar-refractivity contribution in [1.29, 1.82) is 0 Å². The molecule has 2 nitrogen and oxygen atoms in total. The first kappa shape index (κ1) is 11.8. The Bertz CT molecular complexity index is 414. The van der Waals surface area contributed by atoms with E-state index < -0.39 is 34.1 Å². The number of aromatic carboxylic acids is 1. The Kier molecular flexibility index (Phi) is 2.90. The number of carboxylic acids is 1. The van der Waals surface area contributed by atoms with Crippen molar-refractivity contribution in [2.75, 3.05) is 0 Å². The van der Waals surface area contributed by atoms with Crippen LogP contribution in [0.5, 0.6) is 0 Å². The first-order valence-electron chi connectivity index (χ1n) is 3.53. The molecule has 0 saturated carbocycles. The molecule has 1 aromatic carbocycles. The molecule has 0 fully saturated rings.